The minimum atomic E-state index is -0.312. The monoisotopic (exact) mass is 365 g/mol. The zero-order valence-corrected chi connectivity index (χ0v) is 15.0. The molecule has 138 valence electrons. The third kappa shape index (κ3) is 4.69. The summed E-state index contributed by atoms with van der Waals surface area (Å²) in [6, 6.07) is 12.4. The van der Waals surface area contributed by atoms with E-state index in [-0.39, 0.29) is 17.5 Å². The maximum atomic E-state index is 12.3. The Bertz CT molecular complexity index is 918. The fraction of sp³-hybridized carbons (Fsp3) is 0.158. The van der Waals surface area contributed by atoms with Gasteiger partial charge in [-0.1, -0.05) is 6.07 Å². The van der Waals surface area contributed by atoms with Crippen LogP contribution in [0, 0.1) is 0 Å². The highest BCUT2D eigenvalue weighted by atomic mass is 16.5. The van der Waals surface area contributed by atoms with Gasteiger partial charge in [0.05, 0.1) is 32.1 Å². The van der Waals surface area contributed by atoms with E-state index in [4.69, 9.17) is 9.47 Å². The van der Waals surface area contributed by atoms with Crippen molar-refractivity contribution in [3.05, 3.63) is 66.2 Å². The van der Waals surface area contributed by atoms with Crippen molar-refractivity contribution >= 4 is 17.5 Å². The molecule has 0 unspecified atom stereocenters. The molecule has 0 radical (unpaired) electrons. The Labute approximate surface area is 156 Å². The van der Waals surface area contributed by atoms with Crippen molar-refractivity contribution in [3.63, 3.8) is 0 Å². The van der Waals surface area contributed by atoms with E-state index in [2.05, 4.69) is 25.6 Å². The van der Waals surface area contributed by atoms with Gasteiger partial charge in [-0.2, -0.15) is 0 Å². The van der Waals surface area contributed by atoms with E-state index in [1.165, 1.54) is 6.20 Å². The average molecular weight is 365 g/mol. The van der Waals surface area contributed by atoms with Gasteiger partial charge >= 0.3 is 0 Å². The molecular formula is C19H19N5O3. The molecular weight excluding hydrogens is 346 g/mol. The zero-order chi connectivity index (χ0) is 19.1. The average Bonchev–Trinajstić information content (AvgIpc) is 2.73. The molecule has 3 rings (SSSR count). The zero-order valence-electron chi connectivity index (χ0n) is 15.0. The van der Waals surface area contributed by atoms with Gasteiger partial charge in [-0.05, 0) is 30.3 Å². The van der Waals surface area contributed by atoms with Gasteiger partial charge in [0.2, 0.25) is 5.95 Å². The maximum Gasteiger partial charge on any atom is 0.270 e. The lowest BCUT2D eigenvalue weighted by Gasteiger charge is -2.12. The number of methoxy groups -OCH3 is 2. The molecule has 0 spiro atoms. The van der Waals surface area contributed by atoms with Gasteiger partial charge in [-0.25, -0.2) is 9.97 Å². The van der Waals surface area contributed by atoms with Crippen molar-refractivity contribution in [3.8, 4) is 11.5 Å². The van der Waals surface area contributed by atoms with Crippen molar-refractivity contribution in [2.75, 3.05) is 19.5 Å². The van der Waals surface area contributed by atoms with Crippen molar-refractivity contribution < 1.29 is 14.3 Å². The predicted molar refractivity (Wildman–Crippen MR) is 100 cm³/mol. The summed E-state index contributed by atoms with van der Waals surface area (Å²) in [5.74, 6) is 1.21. The Morgan fingerprint density at radius 2 is 1.93 bits per heavy atom. The molecule has 8 nitrogen and oxygen atoms in total. The number of pyridine rings is 1. The molecule has 2 heterocycles. The fourth-order valence-electron chi connectivity index (χ4n) is 2.33. The highest BCUT2D eigenvalue weighted by Crippen LogP contribution is 2.30. The molecule has 2 aromatic heterocycles. The first-order valence-electron chi connectivity index (χ1n) is 8.20. The van der Waals surface area contributed by atoms with Crippen LogP contribution >= 0.6 is 0 Å². The normalized spacial score (nSPS) is 10.1. The predicted octanol–water partition coefficient (Wildman–Crippen LogP) is 2.56. The molecule has 0 saturated heterocycles. The molecule has 0 aliphatic heterocycles. The van der Waals surface area contributed by atoms with Crippen LogP contribution < -0.4 is 20.1 Å². The molecule has 0 saturated carbocycles. The Morgan fingerprint density at radius 1 is 1.04 bits per heavy atom. The summed E-state index contributed by atoms with van der Waals surface area (Å²) in [7, 11) is 3.14. The van der Waals surface area contributed by atoms with Gasteiger partial charge in [0.25, 0.3) is 5.91 Å². The number of hydrogen-bond donors (Lipinski definition) is 2. The number of nitrogens with zero attached hydrogens (tertiary/aromatic N) is 3. The Balaban J connectivity index is 1.71. The molecule has 1 amide bonds. The molecule has 1 aromatic carbocycles. The molecule has 0 aliphatic carbocycles. The second-order valence-electron chi connectivity index (χ2n) is 5.46. The second-order valence-corrected chi connectivity index (χ2v) is 5.46. The molecule has 0 atom stereocenters. The van der Waals surface area contributed by atoms with Crippen LogP contribution in [0.1, 0.15) is 16.2 Å². The van der Waals surface area contributed by atoms with Crippen LogP contribution in [-0.4, -0.2) is 35.1 Å². The van der Waals surface area contributed by atoms with Crippen molar-refractivity contribution in [1.82, 2.24) is 20.3 Å². The van der Waals surface area contributed by atoms with E-state index < -0.39 is 0 Å². The van der Waals surface area contributed by atoms with E-state index in [1.807, 2.05) is 18.2 Å². The Kier molecular flexibility index (Phi) is 5.78. The molecule has 0 bridgehead atoms. The van der Waals surface area contributed by atoms with E-state index in [1.54, 1.807) is 44.7 Å². The SMILES string of the molecule is COc1ccc(Nc2nccc(C(=O)NCc3ccccn3)n2)c(OC)c1. The molecule has 0 aliphatic rings. The highest BCUT2D eigenvalue weighted by molar-refractivity contribution is 5.92. The number of benzene rings is 1. The van der Waals surface area contributed by atoms with Crippen LogP contribution in [0.3, 0.4) is 0 Å². The first kappa shape index (κ1) is 18.1. The third-order valence-corrected chi connectivity index (χ3v) is 3.70. The largest absolute Gasteiger partial charge is 0.497 e. The number of aromatic nitrogens is 3. The Morgan fingerprint density at radius 3 is 2.67 bits per heavy atom. The van der Waals surface area contributed by atoms with Crippen molar-refractivity contribution in [2.45, 2.75) is 6.54 Å². The van der Waals surface area contributed by atoms with Gasteiger partial charge < -0.3 is 20.1 Å². The number of nitrogens with one attached hydrogen (secondary N) is 2. The number of carbonyl (C=O) groups excluding carboxylic acids is 1. The number of amides is 1. The number of anilines is 2. The number of rotatable bonds is 7. The molecule has 3 aromatic rings. The van der Waals surface area contributed by atoms with E-state index in [0.717, 1.165) is 5.69 Å². The van der Waals surface area contributed by atoms with Gasteiger partial charge in [0.15, 0.2) is 0 Å². The summed E-state index contributed by atoms with van der Waals surface area (Å²) in [6.45, 7) is 0.318. The first-order valence-corrected chi connectivity index (χ1v) is 8.20. The molecule has 8 heteroatoms. The lowest BCUT2D eigenvalue weighted by Crippen LogP contribution is -2.24. The number of carbonyl (C=O) groups is 1. The van der Waals surface area contributed by atoms with E-state index in [9.17, 15) is 4.79 Å². The summed E-state index contributed by atoms with van der Waals surface area (Å²) in [5, 5.41) is 5.83. The van der Waals surface area contributed by atoms with Crippen LogP contribution in [0.15, 0.2) is 54.9 Å². The minimum Gasteiger partial charge on any atom is -0.497 e. The van der Waals surface area contributed by atoms with Crippen molar-refractivity contribution in [1.29, 1.82) is 0 Å². The highest BCUT2D eigenvalue weighted by Gasteiger charge is 2.11. The van der Waals surface area contributed by atoms with Crippen molar-refractivity contribution in [2.24, 2.45) is 0 Å². The van der Waals surface area contributed by atoms with Gasteiger partial charge in [0, 0.05) is 18.5 Å². The molecule has 27 heavy (non-hydrogen) atoms. The van der Waals surface area contributed by atoms with Crippen LogP contribution in [0.5, 0.6) is 11.5 Å². The number of hydrogen-bond acceptors (Lipinski definition) is 7. The minimum absolute atomic E-state index is 0.246. The van der Waals surface area contributed by atoms with E-state index >= 15 is 0 Å². The van der Waals surface area contributed by atoms with Crippen LogP contribution in [0.2, 0.25) is 0 Å². The third-order valence-electron chi connectivity index (χ3n) is 3.70. The summed E-state index contributed by atoms with van der Waals surface area (Å²) in [5.41, 5.74) is 1.67. The first-order chi connectivity index (χ1) is 13.2. The molecule has 0 fully saturated rings. The van der Waals surface area contributed by atoms with E-state index in [0.29, 0.717) is 23.7 Å². The molecule has 2 N–H and O–H groups in total. The summed E-state index contributed by atoms with van der Waals surface area (Å²) >= 11 is 0. The number of ether oxygens (including phenoxy) is 2. The lowest BCUT2D eigenvalue weighted by atomic mass is 10.2. The summed E-state index contributed by atoms with van der Waals surface area (Å²) < 4.78 is 10.5. The Hall–Kier alpha value is -3.68. The second kappa shape index (κ2) is 8.61. The quantitative estimate of drug-likeness (QED) is 0.664. The fourth-order valence-corrected chi connectivity index (χ4v) is 2.33. The van der Waals surface area contributed by atoms with Gasteiger partial charge in [-0.3, -0.25) is 9.78 Å². The smallest absolute Gasteiger partial charge is 0.270 e. The van der Waals surface area contributed by atoms with Crippen LogP contribution in [-0.2, 0) is 6.54 Å². The lowest BCUT2D eigenvalue weighted by molar-refractivity contribution is 0.0945. The topological polar surface area (TPSA) is 98.3 Å². The maximum absolute atomic E-state index is 12.3. The summed E-state index contributed by atoms with van der Waals surface area (Å²) in [4.78, 5) is 24.9. The standard InChI is InChI=1S/C19H19N5O3/c1-26-14-6-7-15(17(11-14)27-2)23-19-21-10-8-16(24-19)18(25)22-12-13-5-3-4-9-20-13/h3-11H,12H2,1-2H3,(H,22,25)(H,21,23,24). The van der Waals surface area contributed by atoms with Gasteiger partial charge in [-0.15, -0.1) is 0 Å². The summed E-state index contributed by atoms with van der Waals surface area (Å²) in [6.07, 6.45) is 3.19. The van der Waals surface area contributed by atoms with Crippen LogP contribution in [0.4, 0.5) is 11.6 Å². The van der Waals surface area contributed by atoms with Gasteiger partial charge in [0.1, 0.15) is 17.2 Å². The van der Waals surface area contributed by atoms with Crippen LogP contribution in [0.25, 0.3) is 0 Å².